The SMILES string of the molecule is Cc1nc(C)nc(Nc2ccc(C=Cc3ccccc3C)c(C)c2)n1. The number of aryl methyl sites for hydroxylation is 4. The molecule has 0 atom stereocenters. The molecule has 0 fully saturated rings. The van der Waals surface area contributed by atoms with Crippen LogP contribution in [0.2, 0.25) is 0 Å². The van der Waals surface area contributed by atoms with E-state index in [1.54, 1.807) is 0 Å². The summed E-state index contributed by atoms with van der Waals surface area (Å²) in [5.74, 6) is 2.00. The van der Waals surface area contributed by atoms with Gasteiger partial charge in [-0.15, -0.1) is 0 Å². The number of benzene rings is 2. The van der Waals surface area contributed by atoms with Crippen molar-refractivity contribution in [1.29, 1.82) is 0 Å². The number of rotatable bonds is 4. The molecule has 25 heavy (non-hydrogen) atoms. The molecule has 1 N–H and O–H groups in total. The standard InChI is InChI=1S/C21H22N4/c1-14-7-5-6-8-18(14)9-10-19-11-12-20(13-15(19)2)25-21-23-16(3)22-17(4)24-21/h5-13H,1-4H3,(H,22,23,24,25). The third-order valence-corrected chi connectivity index (χ3v) is 4.02. The van der Waals surface area contributed by atoms with Crippen LogP contribution in [0.3, 0.4) is 0 Å². The number of nitrogens with one attached hydrogen (secondary N) is 1. The molecule has 0 amide bonds. The Balaban J connectivity index is 1.80. The number of nitrogens with zero attached hydrogens (tertiary/aromatic N) is 3. The first kappa shape index (κ1) is 16.8. The van der Waals surface area contributed by atoms with Crippen LogP contribution in [0.4, 0.5) is 11.6 Å². The fourth-order valence-electron chi connectivity index (χ4n) is 2.69. The highest BCUT2D eigenvalue weighted by molar-refractivity contribution is 5.73. The van der Waals surface area contributed by atoms with Crippen molar-refractivity contribution in [1.82, 2.24) is 15.0 Å². The maximum absolute atomic E-state index is 4.32. The van der Waals surface area contributed by atoms with E-state index in [2.05, 4.69) is 82.7 Å². The Hall–Kier alpha value is -3.01. The zero-order valence-corrected chi connectivity index (χ0v) is 15.0. The fraction of sp³-hybridized carbons (Fsp3) is 0.190. The van der Waals surface area contributed by atoms with E-state index in [1.165, 1.54) is 22.3 Å². The fourth-order valence-corrected chi connectivity index (χ4v) is 2.69. The van der Waals surface area contributed by atoms with Gasteiger partial charge in [-0.1, -0.05) is 42.5 Å². The molecule has 0 aliphatic rings. The molecule has 126 valence electrons. The van der Waals surface area contributed by atoms with Crippen molar-refractivity contribution >= 4 is 23.8 Å². The third-order valence-electron chi connectivity index (χ3n) is 4.02. The van der Waals surface area contributed by atoms with Gasteiger partial charge in [0, 0.05) is 5.69 Å². The van der Waals surface area contributed by atoms with Gasteiger partial charge in [0.05, 0.1) is 0 Å². The van der Waals surface area contributed by atoms with Gasteiger partial charge in [-0.05, 0) is 62.1 Å². The van der Waals surface area contributed by atoms with E-state index >= 15 is 0 Å². The zero-order valence-electron chi connectivity index (χ0n) is 15.0. The van der Waals surface area contributed by atoms with E-state index in [0.29, 0.717) is 17.6 Å². The van der Waals surface area contributed by atoms with E-state index in [1.807, 2.05) is 19.9 Å². The summed E-state index contributed by atoms with van der Waals surface area (Å²) in [5.41, 5.74) is 5.86. The predicted octanol–water partition coefficient (Wildman–Crippen LogP) is 5.02. The molecular weight excluding hydrogens is 308 g/mol. The average Bonchev–Trinajstić information content (AvgIpc) is 2.54. The zero-order chi connectivity index (χ0) is 17.8. The third kappa shape index (κ3) is 4.29. The van der Waals surface area contributed by atoms with E-state index in [4.69, 9.17) is 0 Å². The number of aromatic nitrogens is 3. The Labute approximate surface area is 148 Å². The topological polar surface area (TPSA) is 50.7 Å². The highest BCUT2D eigenvalue weighted by Gasteiger charge is 2.03. The van der Waals surface area contributed by atoms with E-state index in [-0.39, 0.29) is 0 Å². The van der Waals surface area contributed by atoms with Gasteiger partial charge in [-0.2, -0.15) is 9.97 Å². The lowest BCUT2D eigenvalue weighted by atomic mass is 10.0. The smallest absolute Gasteiger partial charge is 0.230 e. The van der Waals surface area contributed by atoms with E-state index in [0.717, 1.165) is 5.69 Å². The van der Waals surface area contributed by atoms with Crippen LogP contribution in [0.5, 0.6) is 0 Å². The molecule has 1 aromatic heterocycles. The van der Waals surface area contributed by atoms with Crippen molar-refractivity contribution in [2.45, 2.75) is 27.7 Å². The average molecular weight is 330 g/mol. The van der Waals surface area contributed by atoms with Crippen molar-refractivity contribution in [3.63, 3.8) is 0 Å². The molecule has 0 aliphatic carbocycles. The van der Waals surface area contributed by atoms with Crippen molar-refractivity contribution in [3.05, 3.63) is 76.4 Å². The van der Waals surface area contributed by atoms with E-state index < -0.39 is 0 Å². The molecule has 3 rings (SSSR count). The Morgan fingerprint density at radius 2 is 1.36 bits per heavy atom. The number of anilines is 2. The van der Waals surface area contributed by atoms with Gasteiger partial charge < -0.3 is 5.32 Å². The molecule has 0 saturated heterocycles. The van der Waals surface area contributed by atoms with Gasteiger partial charge >= 0.3 is 0 Å². The Morgan fingerprint density at radius 3 is 2.00 bits per heavy atom. The maximum atomic E-state index is 4.32. The van der Waals surface area contributed by atoms with Crippen LogP contribution in [0.1, 0.15) is 33.9 Å². The van der Waals surface area contributed by atoms with Crippen LogP contribution in [0.25, 0.3) is 12.2 Å². The second-order valence-electron chi connectivity index (χ2n) is 6.14. The first-order valence-corrected chi connectivity index (χ1v) is 8.32. The highest BCUT2D eigenvalue weighted by Crippen LogP contribution is 2.20. The lowest BCUT2D eigenvalue weighted by Crippen LogP contribution is -2.03. The summed E-state index contributed by atoms with van der Waals surface area (Å²) in [4.78, 5) is 12.8. The summed E-state index contributed by atoms with van der Waals surface area (Å²) >= 11 is 0. The first-order chi connectivity index (χ1) is 12.0. The molecular formula is C21H22N4. The van der Waals surface area contributed by atoms with Gasteiger partial charge in [0.2, 0.25) is 5.95 Å². The summed E-state index contributed by atoms with van der Waals surface area (Å²) < 4.78 is 0. The lowest BCUT2D eigenvalue weighted by Gasteiger charge is -2.08. The molecule has 4 heteroatoms. The van der Waals surface area contributed by atoms with Crippen molar-refractivity contribution in [2.24, 2.45) is 0 Å². The Kier molecular flexibility index (Phi) is 4.89. The highest BCUT2D eigenvalue weighted by atomic mass is 15.2. The first-order valence-electron chi connectivity index (χ1n) is 8.32. The minimum Gasteiger partial charge on any atom is -0.324 e. The minimum absolute atomic E-state index is 0.576. The van der Waals surface area contributed by atoms with Gasteiger partial charge in [-0.25, -0.2) is 4.98 Å². The number of hydrogen-bond donors (Lipinski definition) is 1. The summed E-state index contributed by atoms with van der Waals surface area (Å²) in [6.45, 7) is 7.96. The summed E-state index contributed by atoms with van der Waals surface area (Å²) in [6.07, 6.45) is 4.31. The Morgan fingerprint density at radius 1 is 0.720 bits per heavy atom. The maximum Gasteiger partial charge on any atom is 0.230 e. The minimum atomic E-state index is 0.576. The second-order valence-corrected chi connectivity index (χ2v) is 6.14. The largest absolute Gasteiger partial charge is 0.324 e. The normalized spacial score (nSPS) is 11.0. The van der Waals surface area contributed by atoms with Crippen LogP contribution >= 0.6 is 0 Å². The van der Waals surface area contributed by atoms with Crippen molar-refractivity contribution < 1.29 is 0 Å². The quantitative estimate of drug-likeness (QED) is 0.682. The molecule has 1 heterocycles. The molecule has 3 aromatic rings. The molecule has 0 bridgehead atoms. The van der Waals surface area contributed by atoms with Crippen LogP contribution in [-0.2, 0) is 0 Å². The summed E-state index contributed by atoms with van der Waals surface area (Å²) in [7, 11) is 0. The lowest BCUT2D eigenvalue weighted by molar-refractivity contribution is 0.928. The van der Waals surface area contributed by atoms with Gasteiger partial charge in [0.1, 0.15) is 11.6 Å². The van der Waals surface area contributed by atoms with Gasteiger partial charge in [-0.3, -0.25) is 0 Å². The molecule has 2 aromatic carbocycles. The number of hydrogen-bond acceptors (Lipinski definition) is 4. The molecule has 0 saturated carbocycles. The molecule has 0 spiro atoms. The van der Waals surface area contributed by atoms with Crippen molar-refractivity contribution in [3.8, 4) is 0 Å². The van der Waals surface area contributed by atoms with Crippen LogP contribution in [0, 0.1) is 27.7 Å². The molecule has 0 unspecified atom stereocenters. The Bertz CT molecular complexity index is 909. The molecule has 4 nitrogen and oxygen atoms in total. The monoisotopic (exact) mass is 330 g/mol. The predicted molar refractivity (Wildman–Crippen MR) is 104 cm³/mol. The molecule has 0 aliphatic heterocycles. The summed E-state index contributed by atoms with van der Waals surface area (Å²) in [6, 6.07) is 14.6. The van der Waals surface area contributed by atoms with Gasteiger partial charge in [0.15, 0.2) is 0 Å². The van der Waals surface area contributed by atoms with Crippen molar-refractivity contribution in [2.75, 3.05) is 5.32 Å². The van der Waals surface area contributed by atoms with Crippen LogP contribution < -0.4 is 5.32 Å². The van der Waals surface area contributed by atoms with Gasteiger partial charge in [0.25, 0.3) is 0 Å². The summed E-state index contributed by atoms with van der Waals surface area (Å²) in [5, 5.41) is 3.25. The second kappa shape index (κ2) is 7.26. The van der Waals surface area contributed by atoms with E-state index in [9.17, 15) is 0 Å². The molecule has 0 radical (unpaired) electrons. The van der Waals surface area contributed by atoms with Crippen LogP contribution in [0.15, 0.2) is 42.5 Å². The van der Waals surface area contributed by atoms with Crippen LogP contribution in [-0.4, -0.2) is 15.0 Å².